The predicted molar refractivity (Wildman–Crippen MR) is 46.2 cm³/mol. The molecule has 0 fully saturated rings. The molecule has 0 saturated heterocycles. The third kappa shape index (κ3) is 2.34. The van der Waals surface area contributed by atoms with Crippen molar-refractivity contribution in [3.63, 3.8) is 0 Å². The van der Waals surface area contributed by atoms with Crippen molar-refractivity contribution >= 4 is 6.08 Å². The number of hydrogen-bond acceptors (Lipinski definition) is 2. The van der Waals surface area contributed by atoms with Gasteiger partial charge >= 0.3 is 0 Å². The van der Waals surface area contributed by atoms with E-state index in [0.29, 0.717) is 5.75 Å². The number of phenols is 1. The highest BCUT2D eigenvalue weighted by Crippen LogP contribution is 2.11. The van der Waals surface area contributed by atoms with E-state index in [1.54, 1.807) is 12.1 Å². The van der Waals surface area contributed by atoms with Crippen molar-refractivity contribution in [1.29, 1.82) is 0 Å². The number of aromatic hydroxyl groups is 1. The summed E-state index contributed by atoms with van der Waals surface area (Å²) < 4.78 is 0. The Labute approximate surface area is 66.2 Å². The monoisotopic (exact) mass is 149 g/mol. The summed E-state index contributed by atoms with van der Waals surface area (Å²) in [6, 6.07) is 7.09. The van der Waals surface area contributed by atoms with Gasteiger partial charge in [0.05, 0.1) is 0 Å². The van der Waals surface area contributed by atoms with E-state index < -0.39 is 0 Å². The van der Waals surface area contributed by atoms with E-state index in [4.69, 9.17) is 5.11 Å². The molecule has 0 spiro atoms. The van der Waals surface area contributed by atoms with Gasteiger partial charge in [0.1, 0.15) is 5.75 Å². The van der Waals surface area contributed by atoms with Gasteiger partial charge in [-0.15, -0.1) is 0 Å². The molecule has 0 aliphatic rings. The summed E-state index contributed by atoms with van der Waals surface area (Å²) in [5.41, 5.74) is 0.986. The highest BCUT2D eigenvalue weighted by molar-refractivity contribution is 5.50. The Bertz CT molecular complexity index is 255. The van der Waals surface area contributed by atoms with E-state index in [9.17, 15) is 0 Å². The topological polar surface area (TPSA) is 32.3 Å². The van der Waals surface area contributed by atoms with Gasteiger partial charge in [-0.3, -0.25) is 0 Å². The van der Waals surface area contributed by atoms with Gasteiger partial charge in [-0.1, -0.05) is 12.1 Å². The van der Waals surface area contributed by atoms with Gasteiger partial charge < -0.3 is 10.4 Å². The molecule has 1 aromatic carbocycles. The summed E-state index contributed by atoms with van der Waals surface area (Å²) in [4.78, 5) is 0. The van der Waals surface area contributed by atoms with Crippen LogP contribution in [-0.2, 0) is 0 Å². The molecular weight excluding hydrogens is 138 g/mol. The summed E-state index contributed by atoms with van der Waals surface area (Å²) in [6.45, 7) is 0. The molecule has 0 heterocycles. The number of benzene rings is 1. The Morgan fingerprint density at radius 1 is 1.45 bits per heavy atom. The molecule has 0 aromatic heterocycles. The van der Waals surface area contributed by atoms with Crippen molar-refractivity contribution in [3.8, 4) is 5.75 Å². The number of nitrogens with one attached hydrogen (secondary N) is 1. The average Bonchev–Trinajstić information content (AvgIpc) is 2.01. The second-order valence-electron chi connectivity index (χ2n) is 2.22. The summed E-state index contributed by atoms with van der Waals surface area (Å²) in [6.07, 6.45) is 3.70. The maximum Gasteiger partial charge on any atom is 0.116 e. The van der Waals surface area contributed by atoms with Crippen LogP contribution in [0.1, 0.15) is 5.56 Å². The van der Waals surface area contributed by atoms with Crippen molar-refractivity contribution in [2.75, 3.05) is 7.05 Å². The number of rotatable bonds is 2. The van der Waals surface area contributed by atoms with Gasteiger partial charge in [0.15, 0.2) is 0 Å². The van der Waals surface area contributed by atoms with Crippen LogP contribution in [0.2, 0.25) is 0 Å². The zero-order chi connectivity index (χ0) is 8.10. The Balaban J connectivity index is 2.79. The van der Waals surface area contributed by atoms with Gasteiger partial charge in [0.2, 0.25) is 0 Å². The molecule has 0 bridgehead atoms. The Kier molecular flexibility index (Phi) is 2.55. The van der Waals surface area contributed by atoms with Crippen LogP contribution in [-0.4, -0.2) is 12.2 Å². The summed E-state index contributed by atoms with van der Waals surface area (Å²) in [5, 5.41) is 11.9. The minimum Gasteiger partial charge on any atom is -0.508 e. The van der Waals surface area contributed by atoms with Crippen LogP contribution >= 0.6 is 0 Å². The molecular formula is C9H11NO. The van der Waals surface area contributed by atoms with Gasteiger partial charge in [0.25, 0.3) is 0 Å². The SMILES string of the molecule is CN/C=C/c1cccc(O)c1. The summed E-state index contributed by atoms with van der Waals surface area (Å²) >= 11 is 0. The maximum atomic E-state index is 9.06. The fraction of sp³-hybridized carbons (Fsp3) is 0.111. The molecule has 58 valence electrons. The second kappa shape index (κ2) is 3.66. The molecule has 0 aliphatic heterocycles. The standard InChI is InChI=1S/C9H11NO/c1-10-6-5-8-3-2-4-9(11)7-8/h2-7,10-11H,1H3/b6-5+. The zero-order valence-electron chi connectivity index (χ0n) is 6.41. The highest BCUT2D eigenvalue weighted by Gasteiger charge is 1.87. The van der Waals surface area contributed by atoms with Crippen LogP contribution in [0.4, 0.5) is 0 Å². The smallest absolute Gasteiger partial charge is 0.116 e. The fourth-order valence-electron chi connectivity index (χ4n) is 0.808. The molecule has 2 heteroatoms. The van der Waals surface area contributed by atoms with Crippen molar-refractivity contribution in [3.05, 3.63) is 36.0 Å². The predicted octanol–water partition coefficient (Wildman–Crippen LogP) is 1.58. The van der Waals surface area contributed by atoms with Crippen molar-refractivity contribution < 1.29 is 5.11 Å². The molecule has 2 nitrogen and oxygen atoms in total. The van der Waals surface area contributed by atoms with E-state index in [2.05, 4.69) is 5.32 Å². The third-order valence-corrected chi connectivity index (χ3v) is 1.31. The first kappa shape index (κ1) is 7.66. The number of hydrogen-bond donors (Lipinski definition) is 2. The molecule has 0 radical (unpaired) electrons. The first-order valence-electron chi connectivity index (χ1n) is 3.46. The Hall–Kier alpha value is -1.44. The molecule has 11 heavy (non-hydrogen) atoms. The Morgan fingerprint density at radius 2 is 2.27 bits per heavy atom. The normalized spacial score (nSPS) is 10.3. The van der Waals surface area contributed by atoms with E-state index >= 15 is 0 Å². The van der Waals surface area contributed by atoms with Gasteiger partial charge in [-0.2, -0.15) is 0 Å². The zero-order valence-corrected chi connectivity index (χ0v) is 6.41. The second-order valence-corrected chi connectivity index (χ2v) is 2.22. The van der Waals surface area contributed by atoms with E-state index in [0.717, 1.165) is 5.56 Å². The van der Waals surface area contributed by atoms with Crippen molar-refractivity contribution in [1.82, 2.24) is 5.32 Å². The van der Waals surface area contributed by atoms with E-state index in [1.807, 2.05) is 31.5 Å². The highest BCUT2D eigenvalue weighted by atomic mass is 16.3. The minimum absolute atomic E-state index is 0.295. The third-order valence-electron chi connectivity index (χ3n) is 1.31. The average molecular weight is 149 g/mol. The lowest BCUT2D eigenvalue weighted by atomic mass is 10.2. The lowest BCUT2D eigenvalue weighted by Crippen LogP contribution is -1.90. The Morgan fingerprint density at radius 3 is 2.91 bits per heavy atom. The van der Waals surface area contributed by atoms with Crippen LogP contribution < -0.4 is 5.32 Å². The summed E-state index contributed by atoms with van der Waals surface area (Å²) in [7, 11) is 1.83. The largest absolute Gasteiger partial charge is 0.508 e. The van der Waals surface area contributed by atoms with E-state index in [-0.39, 0.29) is 0 Å². The lowest BCUT2D eigenvalue weighted by Gasteiger charge is -1.93. The first-order valence-corrected chi connectivity index (χ1v) is 3.46. The molecule has 1 aromatic rings. The van der Waals surface area contributed by atoms with Crippen LogP contribution in [0.3, 0.4) is 0 Å². The van der Waals surface area contributed by atoms with Crippen LogP contribution in [0.5, 0.6) is 5.75 Å². The molecule has 0 amide bonds. The summed E-state index contributed by atoms with van der Waals surface area (Å²) in [5.74, 6) is 0.295. The van der Waals surface area contributed by atoms with Gasteiger partial charge in [0, 0.05) is 7.05 Å². The molecule has 0 saturated carbocycles. The van der Waals surface area contributed by atoms with Crippen LogP contribution in [0, 0.1) is 0 Å². The molecule has 0 aliphatic carbocycles. The molecule has 2 N–H and O–H groups in total. The molecule has 0 unspecified atom stereocenters. The molecule has 0 atom stereocenters. The van der Waals surface area contributed by atoms with Gasteiger partial charge in [-0.25, -0.2) is 0 Å². The minimum atomic E-state index is 0.295. The lowest BCUT2D eigenvalue weighted by molar-refractivity contribution is 0.475. The quantitative estimate of drug-likeness (QED) is 0.669. The first-order chi connectivity index (χ1) is 5.33. The fourth-order valence-corrected chi connectivity index (χ4v) is 0.808. The van der Waals surface area contributed by atoms with Crippen LogP contribution in [0.15, 0.2) is 30.5 Å². The molecule has 1 rings (SSSR count). The number of phenolic OH excluding ortho intramolecular Hbond substituents is 1. The van der Waals surface area contributed by atoms with E-state index in [1.165, 1.54) is 0 Å². The van der Waals surface area contributed by atoms with Crippen molar-refractivity contribution in [2.45, 2.75) is 0 Å². The maximum absolute atomic E-state index is 9.06. The van der Waals surface area contributed by atoms with Crippen molar-refractivity contribution in [2.24, 2.45) is 0 Å². The van der Waals surface area contributed by atoms with Crippen LogP contribution in [0.25, 0.3) is 6.08 Å². The van der Waals surface area contributed by atoms with Gasteiger partial charge in [-0.05, 0) is 30.0 Å².